The highest BCUT2D eigenvalue weighted by Crippen LogP contribution is 2.28. The van der Waals surface area contributed by atoms with E-state index in [1.807, 2.05) is 13.8 Å². The van der Waals surface area contributed by atoms with Gasteiger partial charge in [-0.2, -0.15) is 0 Å². The normalized spacial score (nSPS) is 18.2. The molecule has 12 heavy (non-hydrogen) atoms. The van der Waals surface area contributed by atoms with Crippen LogP contribution in [-0.4, -0.2) is 25.5 Å². The van der Waals surface area contributed by atoms with E-state index in [0.29, 0.717) is 13.4 Å². The minimum Gasteiger partial charge on any atom is -0.355 e. The van der Waals surface area contributed by atoms with Crippen LogP contribution in [0.3, 0.4) is 0 Å². The van der Waals surface area contributed by atoms with E-state index < -0.39 is 0 Å². The second-order valence-electron chi connectivity index (χ2n) is 4.27. The number of hydrogen-bond donors (Lipinski definition) is 1. The van der Waals surface area contributed by atoms with Gasteiger partial charge in [0.05, 0.1) is 13.2 Å². The smallest absolute Gasteiger partial charge is 0.146 e. The highest BCUT2D eigenvalue weighted by Gasteiger charge is 2.21. The zero-order chi connectivity index (χ0) is 9.03. The van der Waals surface area contributed by atoms with Gasteiger partial charge in [0.15, 0.2) is 0 Å². The molecular weight excluding hydrogens is 154 g/mol. The molecular formula is C9H19NO2. The van der Waals surface area contributed by atoms with Crippen LogP contribution in [0.15, 0.2) is 0 Å². The first kappa shape index (κ1) is 9.96. The molecule has 1 rings (SSSR count). The predicted molar refractivity (Wildman–Crippen MR) is 47.8 cm³/mol. The third-order valence-electron chi connectivity index (χ3n) is 1.69. The lowest BCUT2D eigenvalue weighted by molar-refractivity contribution is -0.0679. The highest BCUT2D eigenvalue weighted by atomic mass is 16.7. The number of ether oxygens (including phenoxy) is 2. The summed E-state index contributed by atoms with van der Waals surface area (Å²) >= 11 is 0. The standard InChI is InChI=1S/C9H19NO2/c1-9(2,10)6-12-7-11-5-8-3-4-8/h8H,3-7,10H2,1-2H3. The zero-order valence-electron chi connectivity index (χ0n) is 8.01. The molecule has 1 fully saturated rings. The minimum atomic E-state index is -0.247. The quantitative estimate of drug-likeness (QED) is 0.483. The highest BCUT2D eigenvalue weighted by molar-refractivity contribution is 4.72. The second kappa shape index (κ2) is 4.21. The molecule has 0 aromatic heterocycles. The molecule has 1 saturated carbocycles. The number of hydrogen-bond acceptors (Lipinski definition) is 3. The molecule has 0 spiro atoms. The maximum absolute atomic E-state index is 5.71. The first-order valence-corrected chi connectivity index (χ1v) is 4.52. The summed E-state index contributed by atoms with van der Waals surface area (Å²) in [6, 6.07) is 0. The Hall–Kier alpha value is -0.120. The van der Waals surface area contributed by atoms with Gasteiger partial charge in [-0.05, 0) is 32.6 Å². The van der Waals surface area contributed by atoms with Crippen LogP contribution in [0.5, 0.6) is 0 Å². The van der Waals surface area contributed by atoms with Crippen LogP contribution in [-0.2, 0) is 9.47 Å². The van der Waals surface area contributed by atoms with Crippen LogP contribution in [0.4, 0.5) is 0 Å². The molecule has 0 unspecified atom stereocenters. The van der Waals surface area contributed by atoms with Crippen LogP contribution in [0.25, 0.3) is 0 Å². The Labute approximate surface area is 74.2 Å². The third kappa shape index (κ3) is 5.52. The lowest BCUT2D eigenvalue weighted by Gasteiger charge is -2.17. The van der Waals surface area contributed by atoms with Crippen molar-refractivity contribution < 1.29 is 9.47 Å². The second-order valence-corrected chi connectivity index (χ2v) is 4.27. The molecule has 0 aromatic rings. The largest absolute Gasteiger partial charge is 0.355 e. The van der Waals surface area contributed by atoms with E-state index in [9.17, 15) is 0 Å². The Kier molecular flexibility index (Phi) is 3.50. The minimum absolute atomic E-state index is 0.247. The molecule has 0 bridgehead atoms. The lowest BCUT2D eigenvalue weighted by Crippen LogP contribution is -2.37. The van der Waals surface area contributed by atoms with Gasteiger partial charge >= 0.3 is 0 Å². The summed E-state index contributed by atoms with van der Waals surface area (Å²) in [4.78, 5) is 0. The molecule has 3 heteroatoms. The van der Waals surface area contributed by atoms with Crippen molar-refractivity contribution in [2.75, 3.05) is 20.0 Å². The fourth-order valence-electron chi connectivity index (χ4n) is 0.863. The van der Waals surface area contributed by atoms with E-state index in [4.69, 9.17) is 15.2 Å². The van der Waals surface area contributed by atoms with E-state index in [1.165, 1.54) is 12.8 Å². The summed E-state index contributed by atoms with van der Waals surface area (Å²) in [6.07, 6.45) is 2.64. The van der Waals surface area contributed by atoms with Crippen molar-refractivity contribution >= 4 is 0 Å². The van der Waals surface area contributed by atoms with Crippen LogP contribution >= 0.6 is 0 Å². The van der Waals surface area contributed by atoms with Crippen molar-refractivity contribution in [1.29, 1.82) is 0 Å². The van der Waals surface area contributed by atoms with Crippen molar-refractivity contribution in [3.05, 3.63) is 0 Å². The van der Waals surface area contributed by atoms with Crippen molar-refractivity contribution in [3.63, 3.8) is 0 Å². The molecule has 2 N–H and O–H groups in total. The first-order valence-electron chi connectivity index (χ1n) is 4.52. The Morgan fingerprint density at radius 1 is 1.33 bits per heavy atom. The van der Waals surface area contributed by atoms with Crippen LogP contribution < -0.4 is 5.73 Å². The SMILES string of the molecule is CC(C)(N)COCOCC1CC1. The Bertz CT molecular complexity index is 127. The van der Waals surface area contributed by atoms with Crippen molar-refractivity contribution in [3.8, 4) is 0 Å². The van der Waals surface area contributed by atoms with Crippen molar-refractivity contribution in [1.82, 2.24) is 0 Å². The Morgan fingerprint density at radius 3 is 2.50 bits per heavy atom. The molecule has 1 aliphatic carbocycles. The van der Waals surface area contributed by atoms with Gasteiger partial charge in [-0.25, -0.2) is 0 Å². The topological polar surface area (TPSA) is 44.5 Å². The van der Waals surface area contributed by atoms with E-state index in [2.05, 4.69) is 0 Å². The van der Waals surface area contributed by atoms with Gasteiger partial charge in [0.25, 0.3) is 0 Å². The molecule has 0 saturated heterocycles. The van der Waals surface area contributed by atoms with E-state index in [-0.39, 0.29) is 5.54 Å². The zero-order valence-corrected chi connectivity index (χ0v) is 8.01. The molecule has 0 amide bonds. The fraction of sp³-hybridized carbons (Fsp3) is 1.00. The van der Waals surface area contributed by atoms with E-state index >= 15 is 0 Å². The van der Waals surface area contributed by atoms with Crippen LogP contribution in [0.1, 0.15) is 26.7 Å². The Balaban J connectivity index is 1.82. The number of rotatable bonds is 6. The van der Waals surface area contributed by atoms with Gasteiger partial charge in [-0.1, -0.05) is 0 Å². The summed E-state index contributed by atoms with van der Waals surface area (Å²) < 4.78 is 10.5. The maximum atomic E-state index is 5.71. The summed E-state index contributed by atoms with van der Waals surface area (Å²) in [5.41, 5.74) is 5.46. The molecule has 0 aromatic carbocycles. The third-order valence-corrected chi connectivity index (χ3v) is 1.69. The summed E-state index contributed by atoms with van der Waals surface area (Å²) in [6.45, 7) is 5.67. The summed E-state index contributed by atoms with van der Waals surface area (Å²) in [5.74, 6) is 0.805. The van der Waals surface area contributed by atoms with Gasteiger partial charge < -0.3 is 15.2 Å². The first-order chi connectivity index (χ1) is 5.58. The van der Waals surface area contributed by atoms with Gasteiger partial charge in [-0.3, -0.25) is 0 Å². The van der Waals surface area contributed by atoms with E-state index in [0.717, 1.165) is 12.5 Å². The number of nitrogens with two attached hydrogens (primary N) is 1. The Morgan fingerprint density at radius 2 is 2.00 bits per heavy atom. The summed E-state index contributed by atoms with van der Waals surface area (Å²) in [7, 11) is 0. The van der Waals surface area contributed by atoms with Gasteiger partial charge in [0.1, 0.15) is 6.79 Å². The molecule has 72 valence electrons. The maximum Gasteiger partial charge on any atom is 0.146 e. The molecule has 0 heterocycles. The molecule has 0 atom stereocenters. The predicted octanol–water partition coefficient (Wildman–Crippen LogP) is 1.12. The lowest BCUT2D eigenvalue weighted by atomic mass is 10.1. The van der Waals surface area contributed by atoms with Gasteiger partial charge in [-0.15, -0.1) is 0 Å². The molecule has 3 nitrogen and oxygen atoms in total. The average molecular weight is 173 g/mol. The van der Waals surface area contributed by atoms with Crippen molar-refractivity contribution in [2.24, 2.45) is 11.7 Å². The van der Waals surface area contributed by atoms with Crippen LogP contribution in [0.2, 0.25) is 0 Å². The monoisotopic (exact) mass is 173 g/mol. The average Bonchev–Trinajstić information content (AvgIpc) is 2.68. The molecule has 1 aliphatic rings. The molecule has 0 aliphatic heterocycles. The fourth-order valence-corrected chi connectivity index (χ4v) is 0.863. The van der Waals surface area contributed by atoms with Gasteiger partial charge in [0.2, 0.25) is 0 Å². The van der Waals surface area contributed by atoms with Gasteiger partial charge in [0, 0.05) is 5.54 Å². The van der Waals surface area contributed by atoms with E-state index in [1.54, 1.807) is 0 Å². The molecule has 0 radical (unpaired) electrons. The van der Waals surface area contributed by atoms with Crippen LogP contribution in [0, 0.1) is 5.92 Å². The summed E-state index contributed by atoms with van der Waals surface area (Å²) in [5, 5.41) is 0. The van der Waals surface area contributed by atoms with Crippen molar-refractivity contribution in [2.45, 2.75) is 32.2 Å².